The molecule has 2 nitrogen and oxygen atoms in total. The minimum atomic E-state index is 0.665. The molecule has 0 aliphatic rings. The minimum Gasteiger partial charge on any atom is -0.346 e. The summed E-state index contributed by atoms with van der Waals surface area (Å²) in [4.78, 5) is 0. The van der Waals surface area contributed by atoms with E-state index in [1.807, 2.05) is 0 Å². The van der Waals surface area contributed by atoms with Gasteiger partial charge in [0.15, 0.2) is 0 Å². The average molecular weight is 250 g/mol. The first kappa shape index (κ1) is 12.0. The van der Waals surface area contributed by atoms with Crippen molar-refractivity contribution in [2.24, 2.45) is 5.73 Å². The molecule has 0 saturated heterocycles. The highest BCUT2D eigenvalue weighted by molar-refractivity contribution is 5.85. The second-order valence-electron chi connectivity index (χ2n) is 4.94. The monoisotopic (exact) mass is 250 g/mol. The summed E-state index contributed by atoms with van der Waals surface area (Å²) in [5.74, 6) is 0. The fourth-order valence-corrected chi connectivity index (χ4v) is 2.44. The molecule has 0 amide bonds. The lowest BCUT2D eigenvalue weighted by Crippen LogP contribution is -2.08. The summed E-state index contributed by atoms with van der Waals surface area (Å²) in [6.45, 7) is 3.64. The molecule has 0 saturated carbocycles. The highest BCUT2D eigenvalue weighted by Crippen LogP contribution is 2.25. The van der Waals surface area contributed by atoms with E-state index in [1.165, 1.54) is 27.6 Å². The number of fused-ring (bicyclic) bond motifs is 1. The summed E-state index contributed by atoms with van der Waals surface area (Å²) in [6.07, 6.45) is 2.11. The Labute approximate surface area is 113 Å². The predicted molar refractivity (Wildman–Crippen MR) is 81.2 cm³/mol. The smallest absolute Gasteiger partial charge is 0.0486 e. The number of rotatable bonds is 3. The van der Waals surface area contributed by atoms with Crippen LogP contribution in [0.25, 0.3) is 22.0 Å². The van der Waals surface area contributed by atoms with Gasteiger partial charge in [0.25, 0.3) is 0 Å². The standard InChI is InChI=1S/C17H18N2/c1-13-2-4-14(5-3-13)16-7-6-15-8-10-19(11-9-18)17(15)12-16/h2-8,10,12H,9,11,18H2,1H3. The molecule has 1 aromatic heterocycles. The van der Waals surface area contributed by atoms with Gasteiger partial charge >= 0.3 is 0 Å². The zero-order valence-corrected chi connectivity index (χ0v) is 11.1. The van der Waals surface area contributed by atoms with Crippen LogP contribution in [-0.4, -0.2) is 11.1 Å². The van der Waals surface area contributed by atoms with Gasteiger partial charge in [-0.25, -0.2) is 0 Å². The lowest BCUT2D eigenvalue weighted by atomic mass is 10.0. The normalized spacial score (nSPS) is 11.1. The number of hydrogen-bond donors (Lipinski definition) is 1. The maximum Gasteiger partial charge on any atom is 0.0486 e. The van der Waals surface area contributed by atoms with Crippen molar-refractivity contribution in [3.8, 4) is 11.1 Å². The zero-order chi connectivity index (χ0) is 13.2. The van der Waals surface area contributed by atoms with Gasteiger partial charge in [-0.3, -0.25) is 0 Å². The van der Waals surface area contributed by atoms with Gasteiger partial charge in [0.05, 0.1) is 0 Å². The summed E-state index contributed by atoms with van der Waals surface area (Å²) >= 11 is 0. The lowest BCUT2D eigenvalue weighted by molar-refractivity contribution is 0.735. The Morgan fingerprint density at radius 1 is 0.947 bits per heavy atom. The van der Waals surface area contributed by atoms with Crippen LogP contribution in [0.4, 0.5) is 0 Å². The van der Waals surface area contributed by atoms with Crippen molar-refractivity contribution in [3.63, 3.8) is 0 Å². The number of nitrogens with zero attached hydrogens (tertiary/aromatic N) is 1. The van der Waals surface area contributed by atoms with E-state index in [0.717, 1.165) is 6.54 Å². The van der Waals surface area contributed by atoms with Crippen molar-refractivity contribution in [1.29, 1.82) is 0 Å². The maximum atomic E-state index is 5.66. The molecule has 0 aliphatic heterocycles. The molecule has 19 heavy (non-hydrogen) atoms. The number of aromatic nitrogens is 1. The molecule has 0 radical (unpaired) electrons. The van der Waals surface area contributed by atoms with Crippen LogP contribution in [0.1, 0.15) is 5.56 Å². The Hall–Kier alpha value is -2.06. The van der Waals surface area contributed by atoms with Gasteiger partial charge in [0.2, 0.25) is 0 Å². The second-order valence-corrected chi connectivity index (χ2v) is 4.94. The molecule has 0 aliphatic carbocycles. The first-order chi connectivity index (χ1) is 9.28. The topological polar surface area (TPSA) is 30.9 Å². The number of nitrogens with two attached hydrogens (primary N) is 1. The molecule has 0 fully saturated rings. The molecule has 1 heterocycles. The van der Waals surface area contributed by atoms with E-state index < -0.39 is 0 Å². The zero-order valence-electron chi connectivity index (χ0n) is 11.1. The van der Waals surface area contributed by atoms with E-state index in [2.05, 4.69) is 66.2 Å². The van der Waals surface area contributed by atoms with Crippen molar-refractivity contribution < 1.29 is 0 Å². The number of hydrogen-bond acceptors (Lipinski definition) is 1. The summed E-state index contributed by atoms with van der Waals surface area (Å²) in [6, 6.07) is 17.4. The third-order valence-corrected chi connectivity index (χ3v) is 3.53. The molecule has 2 aromatic carbocycles. The molecule has 2 N–H and O–H groups in total. The van der Waals surface area contributed by atoms with Crippen LogP contribution in [-0.2, 0) is 6.54 Å². The van der Waals surface area contributed by atoms with Crippen LogP contribution in [0.15, 0.2) is 54.7 Å². The Morgan fingerprint density at radius 2 is 1.68 bits per heavy atom. The Morgan fingerprint density at radius 3 is 2.42 bits per heavy atom. The molecule has 3 rings (SSSR count). The summed E-state index contributed by atoms with van der Waals surface area (Å²) in [5.41, 5.74) is 10.7. The van der Waals surface area contributed by atoms with E-state index >= 15 is 0 Å². The quantitative estimate of drug-likeness (QED) is 0.757. The van der Waals surface area contributed by atoms with Gasteiger partial charge in [-0.05, 0) is 35.6 Å². The average Bonchev–Trinajstić information content (AvgIpc) is 2.83. The fraction of sp³-hybridized carbons (Fsp3) is 0.176. The number of aryl methyl sites for hydroxylation is 1. The predicted octanol–water partition coefficient (Wildman–Crippen LogP) is 3.58. The first-order valence-corrected chi connectivity index (χ1v) is 6.64. The molecule has 0 unspecified atom stereocenters. The summed E-state index contributed by atoms with van der Waals surface area (Å²) in [5, 5.41) is 1.27. The first-order valence-electron chi connectivity index (χ1n) is 6.64. The SMILES string of the molecule is Cc1ccc(-c2ccc3ccn(CCN)c3c2)cc1. The largest absolute Gasteiger partial charge is 0.346 e. The van der Waals surface area contributed by atoms with Crippen molar-refractivity contribution in [2.75, 3.05) is 6.54 Å². The molecule has 0 spiro atoms. The lowest BCUT2D eigenvalue weighted by Gasteiger charge is -2.06. The molecule has 3 aromatic rings. The van der Waals surface area contributed by atoms with Crippen LogP contribution >= 0.6 is 0 Å². The Balaban J connectivity index is 2.09. The molecule has 96 valence electrons. The van der Waals surface area contributed by atoms with E-state index in [9.17, 15) is 0 Å². The van der Waals surface area contributed by atoms with Gasteiger partial charge in [-0.1, -0.05) is 42.0 Å². The van der Waals surface area contributed by atoms with E-state index in [-0.39, 0.29) is 0 Å². The second kappa shape index (κ2) is 4.90. The highest BCUT2D eigenvalue weighted by atomic mass is 15.0. The number of benzene rings is 2. The van der Waals surface area contributed by atoms with E-state index in [4.69, 9.17) is 5.73 Å². The van der Waals surface area contributed by atoms with Crippen molar-refractivity contribution in [3.05, 3.63) is 60.3 Å². The van der Waals surface area contributed by atoms with Crippen LogP contribution in [0.3, 0.4) is 0 Å². The van der Waals surface area contributed by atoms with E-state index in [1.54, 1.807) is 0 Å². The molecule has 0 atom stereocenters. The third-order valence-electron chi connectivity index (χ3n) is 3.53. The summed E-state index contributed by atoms with van der Waals surface area (Å²) < 4.78 is 2.22. The van der Waals surface area contributed by atoms with Gasteiger partial charge in [0.1, 0.15) is 0 Å². The van der Waals surface area contributed by atoms with Gasteiger partial charge < -0.3 is 10.3 Å². The summed E-state index contributed by atoms with van der Waals surface area (Å²) in [7, 11) is 0. The van der Waals surface area contributed by atoms with Crippen molar-refractivity contribution in [1.82, 2.24) is 4.57 Å². The van der Waals surface area contributed by atoms with Gasteiger partial charge in [-0.2, -0.15) is 0 Å². The third kappa shape index (κ3) is 2.27. The van der Waals surface area contributed by atoms with Crippen molar-refractivity contribution in [2.45, 2.75) is 13.5 Å². The molecule has 0 bridgehead atoms. The Kier molecular flexibility index (Phi) is 3.10. The van der Waals surface area contributed by atoms with Crippen LogP contribution in [0.5, 0.6) is 0 Å². The molecular weight excluding hydrogens is 232 g/mol. The van der Waals surface area contributed by atoms with Crippen LogP contribution in [0, 0.1) is 6.92 Å². The van der Waals surface area contributed by atoms with Crippen LogP contribution in [0.2, 0.25) is 0 Å². The minimum absolute atomic E-state index is 0.665. The van der Waals surface area contributed by atoms with Crippen LogP contribution < -0.4 is 5.73 Å². The van der Waals surface area contributed by atoms with E-state index in [0.29, 0.717) is 6.54 Å². The molecule has 2 heteroatoms. The van der Waals surface area contributed by atoms with Gasteiger partial charge in [-0.15, -0.1) is 0 Å². The fourth-order valence-electron chi connectivity index (χ4n) is 2.44. The molecular formula is C17H18N2. The maximum absolute atomic E-state index is 5.66. The van der Waals surface area contributed by atoms with Crippen molar-refractivity contribution >= 4 is 10.9 Å². The highest BCUT2D eigenvalue weighted by Gasteiger charge is 2.03. The Bertz CT molecular complexity index is 693. The van der Waals surface area contributed by atoms with Gasteiger partial charge in [0, 0.05) is 24.8 Å².